The number of halogens is 1. The molecule has 4 rings (SSSR count). The molecule has 0 saturated carbocycles. The Labute approximate surface area is 174 Å². The highest BCUT2D eigenvalue weighted by atomic mass is 32.2. The molecule has 1 fully saturated rings. The van der Waals surface area contributed by atoms with Crippen LogP contribution in [-0.4, -0.2) is 56.3 Å². The van der Waals surface area contributed by atoms with Crippen molar-refractivity contribution in [1.29, 1.82) is 0 Å². The predicted molar refractivity (Wildman–Crippen MR) is 111 cm³/mol. The van der Waals surface area contributed by atoms with Gasteiger partial charge in [0.1, 0.15) is 11.6 Å². The van der Waals surface area contributed by atoms with Crippen LogP contribution >= 0.6 is 0 Å². The fraction of sp³-hybridized carbons (Fsp3) is 0.227. The number of carbonyl (C=O) groups is 1. The van der Waals surface area contributed by atoms with E-state index in [-0.39, 0.29) is 43.6 Å². The summed E-state index contributed by atoms with van der Waals surface area (Å²) >= 11 is 0. The van der Waals surface area contributed by atoms with E-state index in [1.165, 1.54) is 16.4 Å². The van der Waals surface area contributed by atoms with E-state index in [0.29, 0.717) is 5.75 Å². The van der Waals surface area contributed by atoms with Crippen molar-refractivity contribution < 1.29 is 22.3 Å². The molecule has 1 aliphatic heterocycles. The van der Waals surface area contributed by atoms with Crippen molar-refractivity contribution in [1.82, 2.24) is 9.21 Å². The predicted octanol–water partition coefficient (Wildman–Crippen LogP) is 2.89. The standard InChI is InChI=1S/C22H21FN2O4S/c23-19-6-9-21(10-7-19)30(27,28)25-13-11-24(12-14-25)22(26)16-29-20-8-5-17-3-1-2-4-18(17)15-20/h1-10,15H,11-14,16H2. The van der Waals surface area contributed by atoms with Gasteiger partial charge in [0, 0.05) is 26.2 Å². The number of carbonyl (C=O) groups excluding carboxylic acids is 1. The first-order valence-electron chi connectivity index (χ1n) is 9.58. The second-order valence-corrected chi connectivity index (χ2v) is 8.97. The molecule has 1 saturated heterocycles. The van der Waals surface area contributed by atoms with Gasteiger partial charge >= 0.3 is 0 Å². The lowest BCUT2D eigenvalue weighted by atomic mass is 10.1. The van der Waals surface area contributed by atoms with E-state index in [2.05, 4.69) is 0 Å². The zero-order chi connectivity index (χ0) is 21.1. The summed E-state index contributed by atoms with van der Waals surface area (Å²) in [6, 6.07) is 18.3. The number of hydrogen-bond donors (Lipinski definition) is 0. The summed E-state index contributed by atoms with van der Waals surface area (Å²) < 4.78 is 45.4. The van der Waals surface area contributed by atoms with Crippen LogP contribution in [0.15, 0.2) is 71.6 Å². The molecule has 0 aliphatic carbocycles. The molecule has 1 aliphatic rings. The molecule has 0 aromatic heterocycles. The van der Waals surface area contributed by atoms with Gasteiger partial charge in [-0.15, -0.1) is 0 Å². The van der Waals surface area contributed by atoms with Crippen molar-refractivity contribution in [2.24, 2.45) is 0 Å². The Morgan fingerprint density at radius 2 is 1.57 bits per heavy atom. The molecule has 1 amide bonds. The van der Waals surface area contributed by atoms with Crippen LogP contribution in [0.4, 0.5) is 4.39 Å². The van der Waals surface area contributed by atoms with Crippen LogP contribution in [-0.2, 0) is 14.8 Å². The van der Waals surface area contributed by atoms with E-state index in [1.807, 2.05) is 42.5 Å². The fourth-order valence-corrected chi connectivity index (χ4v) is 4.85. The Hall–Kier alpha value is -2.97. The molecule has 0 unspecified atom stereocenters. The minimum Gasteiger partial charge on any atom is -0.484 e. The average molecular weight is 428 g/mol. The van der Waals surface area contributed by atoms with Gasteiger partial charge in [-0.1, -0.05) is 30.3 Å². The average Bonchev–Trinajstić information content (AvgIpc) is 2.77. The molecular formula is C22H21FN2O4S. The third-order valence-corrected chi connectivity index (χ3v) is 7.04. The quantitative estimate of drug-likeness (QED) is 0.627. The minimum absolute atomic E-state index is 0.0447. The van der Waals surface area contributed by atoms with Gasteiger partial charge in [-0.2, -0.15) is 4.31 Å². The molecule has 3 aromatic rings. The molecule has 3 aromatic carbocycles. The molecule has 8 heteroatoms. The summed E-state index contributed by atoms with van der Waals surface area (Å²) in [7, 11) is -3.71. The van der Waals surface area contributed by atoms with Crippen LogP contribution in [0.25, 0.3) is 10.8 Å². The lowest BCUT2D eigenvalue weighted by Gasteiger charge is -2.34. The first-order valence-corrected chi connectivity index (χ1v) is 11.0. The summed E-state index contributed by atoms with van der Waals surface area (Å²) in [5.41, 5.74) is 0. The first-order chi connectivity index (χ1) is 14.4. The van der Waals surface area contributed by atoms with E-state index in [9.17, 15) is 17.6 Å². The number of fused-ring (bicyclic) bond motifs is 1. The molecule has 0 atom stereocenters. The van der Waals surface area contributed by atoms with E-state index >= 15 is 0 Å². The SMILES string of the molecule is O=C(COc1ccc2ccccc2c1)N1CCN(S(=O)(=O)c2ccc(F)cc2)CC1. The van der Waals surface area contributed by atoms with Gasteiger partial charge in [0.05, 0.1) is 4.90 Å². The van der Waals surface area contributed by atoms with Crippen LogP contribution in [0, 0.1) is 5.82 Å². The molecule has 156 valence electrons. The number of piperazine rings is 1. The molecule has 0 N–H and O–H groups in total. The van der Waals surface area contributed by atoms with Crippen LogP contribution in [0.3, 0.4) is 0 Å². The number of ether oxygens (including phenoxy) is 1. The van der Waals surface area contributed by atoms with Gasteiger partial charge in [0.15, 0.2) is 6.61 Å². The summed E-state index contributed by atoms with van der Waals surface area (Å²) in [4.78, 5) is 14.1. The number of nitrogens with zero attached hydrogens (tertiary/aromatic N) is 2. The Kier molecular flexibility index (Phi) is 5.69. The zero-order valence-electron chi connectivity index (χ0n) is 16.2. The summed E-state index contributed by atoms with van der Waals surface area (Å²) in [6.45, 7) is 0.812. The normalized spacial score (nSPS) is 15.3. The van der Waals surface area contributed by atoms with Gasteiger partial charge in [0.2, 0.25) is 10.0 Å². The summed E-state index contributed by atoms with van der Waals surface area (Å²) in [6.07, 6.45) is 0. The molecule has 30 heavy (non-hydrogen) atoms. The van der Waals surface area contributed by atoms with E-state index in [4.69, 9.17) is 4.74 Å². The number of benzene rings is 3. The molecular weight excluding hydrogens is 407 g/mol. The Morgan fingerprint density at radius 1 is 0.900 bits per heavy atom. The minimum atomic E-state index is -3.71. The zero-order valence-corrected chi connectivity index (χ0v) is 17.0. The maximum Gasteiger partial charge on any atom is 0.260 e. The summed E-state index contributed by atoms with van der Waals surface area (Å²) in [5, 5.41) is 2.12. The number of rotatable bonds is 5. The van der Waals surface area contributed by atoms with Gasteiger partial charge < -0.3 is 9.64 Å². The van der Waals surface area contributed by atoms with E-state index < -0.39 is 15.8 Å². The lowest BCUT2D eigenvalue weighted by Crippen LogP contribution is -2.51. The van der Waals surface area contributed by atoms with Crippen LogP contribution in [0.1, 0.15) is 0 Å². The smallest absolute Gasteiger partial charge is 0.260 e. The fourth-order valence-electron chi connectivity index (χ4n) is 3.43. The number of sulfonamides is 1. The maximum absolute atomic E-state index is 13.1. The largest absolute Gasteiger partial charge is 0.484 e. The van der Waals surface area contributed by atoms with Gasteiger partial charge in [-0.05, 0) is 47.2 Å². The third-order valence-electron chi connectivity index (χ3n) is 5.13. The van der Waals surface area contributed by atoms with Crippen LogP contribution in [0.5, 0.6) is 5.75 Å². The third kappa shape index (κ3) is 4.29. The number of hydrogen-bond acceptors (Lipinski definition) is 4. The lowest BCUT2D eigenvalue weighted by molar-refractivity contribution is -0.134. The molecule has 6 nitrogen and oxygen atoms in total. The maximum atomic E-state index is 13.1. The molecule has 0 spiro atoms. The van der Waals surface area contributed by atoms with Gasteiger partial charge in [-0.25, -0.2) is 12.8 Å². The van der Waals surface area contributed by atoms with Crippen molar-refractivity contribution in [3.8, 4) is 5.75 Å². The van der Waals surface area contributed by atoms with E-state index in [1.54, 1.807) is 4.90 Å². The highest BCUT2D eigenvalue weighted by Crippen LogP contribution is 2.21. The molecule has 0 bridgehead atoms. The van der Waals surface area contributed by atoms with Crippen molar-refractivity contribution in [2.75, 3.05) is 32.8 Å². The van der Waals surface area contributed by atoms with Crippen molar-refractivity contribution >= 4 is 26.7 Å². The van der Waals surface area contributed by atoms with Crippen molar-refractivity contribution in [2.45, 2.75) is 4.90 Å². The highest BCUT2D eigenvalue weighted by molar-refractivity contribution is 7.89. The molecule has 1 heterocycles. The molecule has 0 radical (unpaired) electrons. The van der Waals surface area contributed by atoms with Crippen molar-refractivity contribution in [3.63, 3.8) is 0 Å². The second-order valence-electron chi connectivity index (χ2n) is 7.04. The van der Waals surface area contributed by atoms with Gasteiger partial charge in [0.25, 0.3) is 5.91 Å². The Morgan fingerprint density at radius 3 is 2.27 bits per heavy atom. The van der Waals surface area contributed by atoms with Crippen LogP contribution in [0.2, 0.25) is 0 Å². The van der Waals surface area contributed by atoms with Crippen molar-refractivity contribution in [3.05, 3.63) is 72.5 Å². The van der Waals surface area contributed by atoms with E-state index in [0.717, 1.165) is 22.9 Å². The van der Waals surface area contributed by atoms with Crippen LogP contribution < -0.4 is 4.74 Å². The monoisotopic (exact) mass is 428 g/mol. The Balaban J connectivity index is 1.33. The number of amides is 1. The highest BCUT2D eigenvalue weighted by Gasteiger charge is 2.30. The summed E-state index contributed by atoms with van der Waals surface area (Å²) in [5.74, 6) is -0.0719. The Bertz CT molecular complexity index is 1160. The topological polar surface area (TPSA) is 66.9 Å². The van der Waals surface area contributed by atoms with Gasteiger partial charge in [-0.3, -0.25) is 4.79 Å². The second kappa shape index (κ2) is 8.41. The first kappa shape index (κ1) is 20.3.